The summed E-state index contributed by atoms with van der Waals surface area (Å²) < 4.78 is 6.53. The number of para-hydroxylation sites is 2. The molecule has 0 aliphatic carbocycles. The molecule has 0 saturated heterocycles. The van der Waals surface area contributed by atoms with Crippen LogP contribution >= 0.6 is 0 Å². The lowest BCUT2D eigenvalue weighted by Crippen LogP contribution is -1.91. The molecule has 0 amide bonds. The SMILES string of the molecule is c1ccc2cc(-c3cc(-c4cccc5c4oc4ccccc45)c4ccc5cccc6ccc3c4c65)ccc2c1. The van der Waals surface area contributed by atoms with E-state index in [9.17, 15) is 0 Å². The molecule has 0 saturated carbocycles. The Hall–Kier alpha value is -5.14. The number of fused-ring (bicyclic) bond motifs is 4. The van der Waals surface area contributed by atoms with Gasteiger partial charge in [0.15, 0.2) is 0 Å². The van der Waals surface area contributed by atoms with E-state index in [4.69, 9.17) is 4.42 Å². The van der Waals surface area contributed by atoms with Crippen LogP contribution in [0.15, 0.2) is 138 Å². The normalized spacial score (nSPS) is 12.1. The van der Waals surface area contributed by atoms with Crippen LogP contribution in [0.1, 0.15) is 0 Å². The molecular weight excluding hydrogens is 472 g/mol. The van der Waals surface area contributed by atoms with Gasteiger partial charge in [0, 0.05) is 16.3 Å². The van der Waals surface area contributed by atoms with Crippen molar-refractivity contribution in [3.8, 4) is 22.3 Å². The monoisotopic (exact) mass is 494 g/mol. The van der Waals surface area contributed by atoms with Gasteiger partial charge in [-0.25, -0.2) is 0 Å². The molecule has 0 N–H and O–H groups in total. The van der Waals surface area contributed by atoms with E-state index in [1.54, 1.807) is 0 Å². The van der Waals surface area contributed by atoms with Gasteiger partial charge in [0.25, 0.3) is 0 Å². The van der Waals surface area contributed by atoms with Gasteiger partial charge >= 0.3 is 0 Å². The molecule has 39 heavy (non-hydrogen) atoms. The minimum absolute atomic E-state index is 0.924. The van der Waals surface area contributed by atoms with E-state index in [2.05, 4.69) is 127 Å². The molecule has 0 spiro atoms. The third-order valence-corrected chi connectivity index (χ3v) is 8.40. The first kappa shape index (κ1) is 20.9. The van der Waals surface area contributed by atoms with E-state index in [1.165, 1.54) is 59.8 Å². The molecule has 9 rings (SSSR count). The van der Waals surface area contributed by atoms with Crippen LogP contribution in [-0.2, 0) is 0 Å². The summed E-state index contributed by atoms with van der Waals surface area (Å²) in [6.45, 7) is 0. The van der Waals surface area contributed by atoms with Crippen LogP contribution in [0.4, 0.5) is 0 Å². The van der Waals surface area contributed by atoms with Crippen molar-refractivity contribution in [2.75, 3.05) is 0 Å². The summed E-state index contributed by atoms with van der Waals surface area (Å²) in [5.41, 5.74) is 6.67. The molecule has 0 bridgehead atoms. The van der Waals surface area contributed by atoms with Crippen molar-refractivity contribution < 1.29 is 4.42 Å². The fraction of sp³-hybridized carbons (Fsp3) is 0. The van der Waals surface area contributed by atoms with E-state index < -0.39 is 0 Å². The molecule has 180 valence electrons. The molecule has 1 heterocycles. The van der Waals surface area contributed by atoms with Crippen LogP contribution in [0.5, 0.6) is 0 Å². The fourth-order valence-electron chi connectivity index (χ4n) is 6.61. The van der Waals surface area contributed by atoms with Crippen LogP contribution in [-0.4, -0.2) is 0 Å². The van der Waals surface area contributed by atoms with Gasteiger partial charge in [0.1, 0.15) is 11.2 Å². The number of furan rings is 1. The summed E-state index contributed by atoms with van der Waals surface area (Å²) >= 11 is 0. The van der Waals surface area contributed by atoms with Gasteiger partial charge in [-0.1, -0.05) is 115 Å². The predicted octanol–water partition coefficient (Wildman–Crippen LogP) is 11.0. The Kier molecular flexibility index (Phi) is 4.11. The predicted molar refractivity (Wildman–Crippen MR) is 166 cm³/mol. The Balaban J connectivity index is 1.46. The van der Waals surface area contributed by atoms with Gasteiger partial charge in [0.2, 0.25) is 0 Å². The topological polar surface area (TPSA) is 13.1 Å². The molecule has 0 atom stereocenters. The maximum Gasteiger partial charge on any atom is 0.143 e. The maximum absolute atomic E-state index is 6.53. The second-order valence-corrected chi connectivity index (χ2v) is 10.5. The molecule has 0 unspecified atom stereocenters. The van der Waals surface area contributed by atoms with E-state index in [1.807, 2.05) is 6.07 Å². The zero-order valence-electron chi connectivity index (χ0n) is 21.1. The van der Waals surface area contributed by atoms with Gasteiger partial charge in [-0.15, -0.1) is 0 Å². The number of hydrogen-bond donors (Lipinski definition) is 0. The van der Waals surface area contributed by atoms with Crippen molar-refractivity contribution in [3.05, 3.63) is 133 Å². The van der Waals surface area contributed by atoms with Crippen molar-refractivity contribution >= 4 is 65.0 Å². The Morgan fingerprint density at radius 1 is 0.359 bits per heavy atom. The molecule has 0 radical (unpaired) electrons. The standard InChI is InChI=1S/C38H22O/c1-2-8-26-21-27(16-15-23(26)7-1)33-22-34(32-13-6-12-31-28-11-3-4-14-35(28)39-38(31)32)30-20-18-25-10-5-9-24-17-19-29(33)37(30)36(24)25/h1-22H. The summed E-state index contributed by atoms with van der Waals surface area (Å²) in [6.07, 6.45) is 0. The summed E-state index contributed by atoms with van der Waals surface area (Å²) in [6, 6.07) is 48.4. The van der Waals surface area contributed by atoms with Gasteiger partial charge in [-0.2, -0.15) is 0 Å². The number of rotatable bonds is 2. The van der Waals surface area contributed by atoms with Crippen LogP contribution in [0.2, 0.25) is 0 Å². The second kappa shape index (κ2) is 7.69. The van der Waals surface area contributed by atoms with Crippen molar-refractivity contribution in [2.45, 2.75) is 0 Å². The summed E-state index contributed by atoms with van der Waals surface area (Å²) in [7, 11) is 0. The molecule has 8 aromatic carbocycles. The lowest BCUT2D eigenvalue weighted by molar-refractivity contribution is 0.670. The number of benzene rings is 8. The smallest absolute Gasteiger partial charge is 0.143 e. The quantitative estimate of drug-likeness (QED) is 0.218. The van der Waals surface area contributed by atoms with Crippen molar-refractivity contribution in [3.63, 3.8) is 0 Å². The van der Waals surface area contributed by atoms with Crippen LogP contribution < -0.4 is 0 Å². The molecule has 0 aliphatic heterocycles. The molecular formula is C38H22O. The largest absolute Gasteiger partial charge is 0.455 e. The van der Waals surface area contributed by atoms with Gasteiger partial charge in [-0.05, 0) is 78.0 Å². The minimum Gasteiger partial charge on any atom is -0.455 e. The molecule has 1 heteroatoms. The van der Waals surface area contributed by atoms with E-state index in [0.29, 0.717) is 0 Å². The third-order valence-electron chi connectivity index (χ3n) is 8.40. The summed E-state index contributed by atoms with van der Waals surface area (Å²) in [4.78, 5) is 0. The Morgan fingerprint density at radius 3 is 1.90 bits per heavy atom. The summed E-state index contributed by atoms with van der Waals surface area (Å²) in [5, 5.41) is 12.5. The lowest BCUT2D eigenvalue weighted by atomic mass is 9.85. The van der Waals surface area contributed by atoms with Gasteiger partial charge < -0.3 is 4.42 Å². The van der Waals surface area contributed by atoms with Crippen molar-refractivity contribution in [2.24, 2.45) is 0 Å². The lowest BCUT2D eigenvalue weighted by Gasteiger charge is -2.18. The van der Waals surface area contributed by atoms with E-state index in [0.717, 1.165) is 27.5 Å². The molecule has 1 nitrogen and oxygen atoms in total. The molecule has 0 fully saturated rings. The van der Waals surface area contributed by atoms with Crippen LogP contribution in [0.3, 0.4) is 0 Å². The van der Waals surface area contributed by atoms with Crippen molar-refractivity contribution in [1.29, 1.82) is 0 Å². The zero-order chi connectivity index (χ0) is 25.5. The van der Waals surface area contributed by atoms with E-state index in [-0.39, 0.29) is 0 Å². The first-order chi connectivity index (χ1) is 19.3. The molecule has 9 aromatic rings. The average Bonchev–Trinajstić information content (AvgIpc) is 3.38. The number of hydrogen-bond acceptors (Lipinski definition) is 1. The zero-order valence-corrected chi connectivity index (χ0v) is 21.1. The highest BCUT2D eigenvalue weighted by atomic mass is 16.3. The highest BCUT2D eigenvalue weighted by Crippen LogP contribution is 2.46. The second-order valence-electron chi connectivity index (χ2n) is 10.5. The minimum atomic E-state index is 0.924. The molecule has 0 aliphatic rings. The Bertz CT molecular complexity index is 2370. The fourth-order valence-corrected chi connectivity index (χ4v) is 6.61. The average molecular weight is 495 g/mol. The van der Waals surface area contributed by atoms with Gasteiger partial charge in [0.05, 0.1) is 0 Å². The van der Waals surface area contributed by atoms with Crippen molar-refractivity contribution in [1.82, 2.24) is 0 Å². The summed E-state index contributed by atoms with van der Waals surface area (Å²) in [5.74, 6) is 0. The highest BCUT2D eigenvalue weighted by Gasteiger charge is 2.19. The third kappa shape index (κ3) is 2.90. The highest BCUT2D eigenvalue weighted by molar-refractivity contribution is 6.29. The first-order valence-electron chi connectivity index (χ1n) is 13.4. The molecule has 1 aromatic heterocycles. The Labute approximate surface area is 224 Å². The Morgan fingerprint density at radius 2 is 1.03 bits per heavy atom. The van der Waals surface area contributed by atoms with Crippen LogP contribution in [0, 0.1) is 0 Å². The van der Waals surface area contributed by atoms with Crippen LogP contribution in [0.25, 0.3) is 87.3 Å². The first-order valence-corrected chi connectivity index (χ1v) is 13.4. The van der Waals surface area contributed by atoms with E-state index >= 15 is 0 Å². The van der Waals surface area contributed by atoms with Gasteiger partial charge in [-0.3, -0.25) is 0 Å². The maximum atomic E-state index is 6.53.